The predicted molar refractivity (Wildman–Crippen MR) is 53.7 cm³/mol. The molecule has 0 radical (unpaired) electrons. The van der Waals surface area contributed by atoms with Crippen molar-refractivity contribution in [1.29, 1.82) is 0 Å². The first kappa shape index (κ1) is 10.0. The molecule has 1 aliphatic heterocycles. The SMILES string of the molecule is FC(F)(F)c1cccc2c1SC(S)N2. The van der Waals surface area contributed by atoms with E-state index < -0.39 is 11.7 Å². The molecule has 1 unspecified atom stereocenters. The monoisotopic (exact) mass is 237 g/mol. The van der Waals surface area contributed by atoms with Crippen LogP contribution in [-0.4, -0.2) is 4.71 Å². The summed E-state index contributed by atoms with van der Waals surface area (Å²) in [5.74, 6) is 0. The van der Waals surface area contributed by atoms with Crippen molar-refractivity contribution in [3.8, 4) is 0 Å². The van der Waals surface area contributed by atoms with Gasteiger partial charge in [0.15, 0.2) is 0 Å². The van der Waals surface area contributed by atoms with E-state index >= 15 is 0 Å². The predicted octanol–water partition coefficient (Wildman–Crippen LogP) is 3.44. The van der Waals surface area contributed by atoms with Crippen molar-refractivity contribution in [1.82, 2.24) is 0 Å². The van der Waals surface area contributed by atoms with Gasteiger partial charge in [0.05, 0.1) is 11.3 Å². The lowest BCUT2D eigenvalue weighted by Gasteiger charge is -2.09. The lowest BCUT2D eigenvalue weighted by Crippen LogP contribution is -2.06. The zero-order valence-electron chi connectivity index (χ0n) is 6.80. The maximum absolute atomic E-state index is 12.5. The van der Waals surface area contributed by atoms with Crippen molar-refractivity contribution in [2.45, 2.75) is 15.8 Å². The Morgan fingerprint density at radius 3 is 2.71 bits per heavy atom. The molecule has 1 aromatic rings. The first-order valence-corrected chi connectivity index (χ1v) is 5.19. The summed E-state index contributed by atoms with van der Waals surface area (Å²) < 4.78 is 37.2. The van der Waals surface area contributed by atoms with Crippen molar-refractivity contribution in [3.05, 3.63) is 23.8 Å². The van der Waals surface area contributed by atoms with Gasteiger partial charge in [-0.2, -0.15) is 13.2 Å². The van der Waals surface area contributed by atoms with Crippen LogP contribution in [0.15, 0.2) is 23.1 Å². The van der Waals surface area contributed by atoms with Crippen LogP contribution in [-0.2, 0) is 6.18 Å². The zero-order chi connectivity index (χ0) is 10.3. The fourth-order valence-corrected chi connectivity index (χ4v) is 2.70. The van der Waals surface area contributed by atoms with Crippen LogP contribution in [0.2, 0.25) is 0 Å². The van der Waals surface area contributed by atoms with Crippen molar-refractivity contribution in [2.24, 2.45) is 0 Å². The van der Waals surface area contributed by atoms with Crippen molar-refractivity contribution in [3.63, 3.8) is 0 Å². The number of thiol groups is 1. The molecule has 2 rings (SSSR count). The zero-order valence-corrected chi connectivity index (χ0v) is 8.51. The molecule has 0 bridgehead atoms. The van der Waals surface area contributed by atoms with E-state index in [1.807, 2.05) is 0 Å². The number of benzene rings is 1. The molecule has 1 aromatic carbocycles. The molecular weight excluding hydrogens is 231 g/mol. The molecule has 76 valence electrons. The summed E-state index contributed by atoms with van der Waals surface area (Å²) in [7, 11) is 0. The number of alkyl halides is 3. The van der Waals surface area contributed by atoms with Crippen LogP contribution in [0.1, 0.15) is 5.56 Å². The Kier molecular flexibility index (Phi) is 2.35. The summed E-state index contributed by atoms with van der Waals surface area (Å²) in [4.78, 5) is 0.236. The van der Waals surface area contributed by atoms with Crippen LogP contribution < -0.4 is 5.32 Å². The number of halogens is 3. The molecule has 0 saturated heterocycles. The highest BCUT2D eigenvalue weighted by molar-refractivity contribution is 8.11. The molecule has 1 heterocycles. The summed E-state index contributed by atoms with van der Waals surface area (Å²) in [5.41, 5.74) is -0.0890. The van der Waals surface area contributed by atoms with Gasteiger partial charge < -0.3 is 5.32 Å². The van der Waals surface area contributed by atoms with Crippen LogP contribution in [0, 0.1) is 0 Å². The van der Waals surface area contributed by atoms with Crippen molar-refractivity contribution < 1.29 is 13.2 Å². The van der Waals surface area contributed by atoms with Crippen LogP contribution in [0.25, 0.3) is 0 Å². The van der Waals surface area contributed by atoms with Crippen molar-refractivity contribution in [2.75, 3.05) is 5.32 Å². The third kappa shape index (κ3) is 1.68. The summed E-state index contributed by atoms with van der Waals surface area (Å²) in [6.07, 6.45) is -4.29. The Balaban J connectivity index is 2.50. The van der Waals surface area contributed by atoms with Crippen LogP contribution in [0.3, 0.4) is 0 Å². The Bertz CT molecular complexity index is 364. The molecule has 0 aromatic heterocycles. The maximum atomic E-state index is 12.5. The standard InChI is InChI=1S/C8H6F3NS2/c9-8(10,11)4-2-1-3-5-6(4)14-7(13)12-5/h1-3,7,12-13H. The quantitative estimate of drug-likeness (QED) is 0.670. The lowest BCUT2D eigenvalue weighted by molar-refractivity contribution is -0.139. The smallest absolute Gasteiger partial charge is 0.364 e. The molecule has 0 amide bonds. The maximum Gasteiger partial charge on any atom is 0.417 e. The molecule has 0 spiro atoms. The lowest BCUT2D eigenvalue weighted by atomic mass is 10.2. The van der Waals surface area contributed by atoms with E-state index in [1.54, 1.807) is 6.07 Å². The van der Waals surface area contributed by atoms with Gasteiger partial charge in [-0.05, 0) is 12.1 Å². The molecule has 1 atom stereocenters. The minimum atomic E-state index is -4.29. The fraction of sp³-hybridized carbons (Fsp3) is 0.250. The normalized spacial score (nSPS) is 20.4. The Morgan fingerprint density at radius 2 is 2.07 bits per heavy atom. The number of anilines is 1. The molecule has 0 fully saturated rings. The highest BCUT2D eigenvalue weighted by Gasteiger charge is 2.36. The average molecular weight is 237 g/mol. The largest absolute Gasteiger partial charge is 0.417 e. The van der Waals surface area contributed by atoms with Gasteiger partial charge in [0.2, 0.25) is 0 Å². The first-order chi connectivity index (χ1) is 6.48. The third-order valence-electron chi connectivity index (χ3n) is 1.83. The molecule has 1 N–H and O–H groups in total. The fourth-order valence-electron chi connectivity index (χ4n) is 1.27. The summed E-state index contributed by atoms with van der Waals surface area (Å²) in [5, 5.41) is 2.84. The summed E-state index contributed by atoms with van der Waals surface area (Å²) in [6, 6.07) is 4.09. The molecule has 0 aliphatic carbocycles. The second-order valence-electron chi connectivity index (χ2n) is 2.79. The van der Waals surface area contributed by atoms with E-state index in [0.29, 0.717) is 5.69 Å². The highest BCUT2D eigenvalue weighted by Crippen LogP contribution is 2.46. The van der Waals surface area contributed by atoms with E-state index in [0.717, 1.165) is 17.8 Å². The number of fused-ring (bicyclic) bond motifs is 1. The van der Waals surface area contributed by atoms with Gasteiger partial charge in [0.25, 0.3) is 0 Å². The van der Waals surface area contributed by atoms with Crippen LogP contribution >= 0.6 is 24.4 Å². The van der Waals surface area contributed by atoms with E-state index in [-0.39, 0.29) is 9.60 Å². The van der Waals surface area contributed by atoms with Crippen molar-refractivity contribution >= 4 is 30.1 Å². The second kappa shape index (κ2) is 3.27. The van der Waals surface area contributed by atoms with E-state index in [1.165, 1.54) is 6.07 Å². The van der Waals surface area contributed by atoms with E-state index in [9.17, 15) is 13.2 Å². The molecular formula is C8H6F3NS2. The van der Waals surface area contributed by atoms with Gasteiger partial charge in [-0.1, -0.05) is 17.8 Å². The molecule has 14 heavy (non-hydrogen) atoms. The Morgan fingerprint density at radius 1 is 1.36 bits per heavy atom. The number of hydrogen-bond donors (Lipinski definition) is 2. The number of nitrogens with one attached hydrogen (secondary N) is 1. The van der Waals surface area contributed by atoms with E-state index in [4.69, 9.17) is 0 Å². The molecule has 1 nitrogen and oxygen atoms in total. The van der Waals surface area contributed by atoms with Gasteiger partial charge >= 0.3 is 6.18 Å². The van der Waals surface area contributed by atoms with Gasteiger partial charge in [-0.3, -0.25) is 0 Å². The topological polar surface area (TPSA) is 12.0 Å². The third-order valence-corrected chi connectivity index (χ3v) is 3.29. The second-order valence-corrected chi connectivity index (χ2v) is 4.78. The van der Waals surface area contributed by atoms with Gasteiger partial charge in [0.1, 0.15) is 4.71 Å². The molecule has 6 heteroatoms. The minimum Gasteiger partial charge on any atom is -0.364 e. The molecule has 0 saturated carbocycles. The minimum absolute atomic E-state index is 0.236. The Hall–Kier alpha value is -0.490. The highest BCUT2D eigenvalue weighted by atomic mass is 32.2. The van der Waals surface area contributed by atoms with E-state index in [2.05, 4.69) is 17.9 Å². The summed E-state index contributed by atoms with van der Waals surface area (Å²) in [6.45, 7) is 0. The average Bonchev–Trinajstić information content (AvgIpc) is 2.41. The first-order valence-electron chi connectivity index (χ1n) is 3.80. The molecule has 1 aliphatic rings. The van der Waals surface area contributed by atoms with Crippen LogP contribution in [0.4, 0.5) is 18.9 Å². The number of thioether (sulfide) groups is 1. The summed E-state index contributed by atoms with van der Waals surface area (Å²) >= 11 is 5.14. The van der Waals surface area contributed by atoms with Crippen LogP contribution in [0.5, 0.6) is 0 Å². The van der Waals surface area contributed by atoms with Gasteiger partial charge in [-0.25, -0.2) is 0 Å². The Labute approximate surface area is 88.5 Å². The number of hydrogen-bond acceptors (Lipinski definition) is 3. The van der Waals surface area contributed by atoms with Gasteiger partial charge in [0, 0.05) is 4.90 Å². The van der Waals surface area contributed by atoms with Gasteiger partial charge in [-0.15, -0.1) is 12.6 Å². The number of rotatable bonds is 0.